The second kappa shape index (κ2) is 8.89. The van der Waals surface area contributed by atoms with E-state index in [1.165, 1.54) is 17.2 Å². The summed E-state index contributed by atoms with van der Waals surface area (Å²) in [6.07, 6.45) is 3.04. The first kappa shape index (κ1) is 20.6. The number of aryl methyl sites for hydroxylation is 2. The van der Waals surface area contributed by atoms with Gasteiger partial charge in [0.15, 0.2) is 0 Å². The van der Waals surface area contributed by atoms with E-state index in [0.717, 1.165) is 43.5 Å². The molecule has 0 radical (unpaired) electrons. The van der Waals surface area contributed by atoms with Gasteiger partial charge in [0.1, 0.15) is 5.82 Å². The summed E-state index contributed by atoms with van der Waals surface area (Å²) in [6.45, 7) is 9.78. The molecule has 1 aliphatic heterocycles. The zero-order valence-electron chi connectivity index (χ0n) is 17.5. The number of rotatable bonds is 5. The minimum absolute atomic E-state index is 0.132. The Morgan fingerprint density at radius 3 is 2.32 bits per heavy atom. The molecule has 0 unspecified atom stereocenters. The normalized spacial score (nSPS) is 16.4. The zero-order valence-corrected chi connectivity index (χ0v) is 17.5. The van der Waals surface area contributed by atoms with E-state index < -0.39 is 0 Å². The Labute approximate surface area is 168 Å². The van der Waals surface area contributed by atoms with Gasteiger partial charge in [-0.2, -0.15) is 0 Å². The number of likely N-dealkylation sites (tertiary alicyclic amines) is 1. The lowest BCUT2D eigenvalue weighted by molar-refractivity contribution is -0.135. The summed E-state index contributed by atoms with van der Waals surface area (Å²) in [5.74, 6) is 0.239. The molecule has 1 fully saturated rings. The van der Waals surface area contributed by atoms with Crippen LogP contribution in [0.25, 0.3) is 0 Å². The molecule has 0 spiro atoms. The van der Waals surface area contributed by atoms with E-state index in [1.807, 2.05) is 11.8 Å². The van der Waals surface area contributed by atoms with Gasteiger partial charge in [-0.1, -0.05) is 51.1 Å². The predicted octanol–water partition coefficient (Wildman–Crippen LogP) is 5.84. The van der Waals surface area contributed by atoms with Crippen LogP contribution in [0.4, 0.5) is 4.39 Å². The molecule has 3 rings (SSSR count). The van der Waals surface area contributed by atoms with Crippen LogP contribution in [0.1, 0.15) is 67.7 Å². The largest absolute Gasteiger partial charge is 0.342 e. The van der Waals surface area contributed by atoms with Crippen LogP contribution in [-0.2, 0) is 11.2 Å². The Kier molecular flexibility index (Phi) is 6.53. The third-order valence-electron chi connectivity index (χ3n) is 6.18. The molecule has 0 aromatic heterocycles. The fraction of sp³-hybridized carbons (Fsp3) is 0.480. The molecule has 1 heterocycles. The highest BCUT2D eigenvalue weighted by atomic mass is 19.1. The lowest BCUT2D eigenvalue weighted by Gasteiger charge is -2.36. The number of piperidine rings is 1. The molecular formula is C25H32FNO. The van der Waals surface area contributed by atoms with Crippen LogP contribution in [0.3, 0.4) is 0 Å². The summed E-state index contributed by atoms with van der Waals surface area (Å²) >= 11 is 0. The lowest BCUT2D eigenvalue weighted by Crippen LogP contribution is -2.42. The summed E-state index contributed by atoms with van der Waals surface area (Å²) in [4.78, 5) is 15.3. The van der Waals surface area contributed by atoms with E-state index in [2.05, 4.69) is 45.0 Å². The molecule has 1 atom stereocenters. The smallest absolute Gasteiger partial charge is 0.230 e. The second-order valence-electron chi connectivity index (χ2n) is 8.42. The van der Waals surface area contributed by atoms with Crippen molar-refractivity contribution in [3.8, 4) is 0 Å². The average molecular weight is 382 g/mol. The highest BCUT2D eigenvalue weighted by Gasteiger charge is 2.32. The molecule has 2 nitrogen and oxygen atoms in total. The van der Waals surface area contributed by atoms with Crippen LogP contribution < -0.4 is 0 Å². The maximum absolute atomic E-state index is 13.8. The minimum Gasteiger partial charge on any atom is -0.342 e. The average Bonchev–Trinajstić information content (AvgIpc) is 2.70. The standard InChI is InChI=1S/C25H32FNO/c1-5-19-7-9-20(10-8-19)21-12-14-27(15-13-21)25(28)24(17(2)3)23-16-22(26)11-6-18(23)4/h6-11,16-17,21,24H,5,12-15H2,1-4H3/t24-/m0/s1. The Bertz CT molecular complexity index is 804. The third kappa shape index (κ3) is 4.45. The highest BCUT2D eigenvalue weighted by molar-refractivity contribution is 5.84. The van der Waals surface area contributed by atoms with Crippen molar-refractivity contribution in [1.82, 2.24) is 4.90 Å². The summed E-state index contributed by atoms with van der Waals surface area (Å²) in [5, 5.41) is 0. The van der Waals surface area contributed by atoms with Crippen LogP contribution in [0.2, 0.25) is 0 Å². The molecule has 28 heavy (non-hydrogen) atoms. The number of halogens is 1. The van der Waals surface area contributed by atoms with Gasteiger partial charge in [-0.3, -0.25) is 4.79 Å². The number of nitrogens with zero attached hydrogens (tertiary/aromatic N) is 1. The molecule has 0 bridgehead atoms. The van der Waals surface area contributed by atoms with E-state index >= 15 is 0 Å². The van der Waals surface area contributed by atoms with Crippen molar-refractivity contribution in [2.75, 3.05) is 13.1 Å². The first-order valence-electron chi connectivity index (χ1n) is 10.5. The minimum atomic E-state index is -0.281. The molecule has 3 heteroatoms. The summed E-state index contributed by atoms with van der Waals surface area (Å²) in [7, 11) is 0. The van der Waals surface area contributed by atoms with Gasteiger partial charge in [-0.05, 0) is 72.4 Å². The van der Waals surface area contributed by atoms with E-state index in [0.29, 0.717) is 5.92 Å². The van der Waals surface area contributed by atoms with Crippen molar-refractivity contribution in [2.45, 2.75) is 58.8 Å². The molecule has 150 valence electrons. The number of amides is 1. The molecule has 1 amide bonds. The summed E-state index contributed by atoms with van der Waals surface area (Å²) < 4.78 is 13.8. The van der Waals surface area contributed by atoms with Gasteiger partial charge in [0.05, 0.1) is 5.92 Å². The highest BCUT2D eigenvalue weighted by Crippen LogP contribution is 2.33. The second-order valence-corrected chi connectivity index (χ2v) is 8.42. The SMILES string of the molecule is CCc1ccc(C2CCN(C(=O)[C@H](c3cc(F)ccc3C)C(C)C)CC2)cc1. The number of carbonyl (C=O) groups excluding carboxylic acids is 1. The van der Waals surface area contributed by atoms with Gasteiger partial charge in [0, 0.05) is 13.1 Å². The molecule has 2 aromatic carbocycles. The maximum atomic E-state index is 13.8. The van der Waals surface area contributed by atoms with Crippen LogP contribution >= 0.6 is 0 Å². The van der Waals surface area contributed by atoms with Crippen molar-refractivity contribution < 1.29 is 9.18 Å². The van der Waals surface area contributed by atoms with Crippen molar-refractivity contribution >= 4 is 5.91 Å². The van der Waals surface area contributed by atoms with Crippen molar-refractivity contribution in [2.24, 2.45) is 5.92 Å². The monoisotopic (exact) mass is 381 g/mol. The number of carbonyl (C=O) groups is 1. The van der Waals surface area contributed by atoms with Gasteiger partial charge < -0.3 is 4.90 Å². The molecule has 0 aliphatic carbocycles. The van der Waals surface area contributed by atoms with Gasteiger partial charge in [0.25, 0.3) is 0 Å². The van der Waals surface area contributed by atoms with Crippen molar-refractivity contribution in [1.29, 1.82) is 0 Å². The summed E-state index contributed by atoms with van der Waals surface area (Å²) in [5.41, 5.74) is 4.56. The Morgan fingerprint density at radius 1 is 1.11 bits per heavy atom. The fourth-order valence-electron chi connectivity index (χ4n) is 4.38. The number of hydrogen-bond acceptors (Lipinski definition) is 1. The van der Waals surface area contributed by atoms with Crippen LogP contribution in [0.15, 0.2) is 42.5 Å². The Morgan fingerprint density at radius 2 is 1.75 bits per heavy atom. The zero-order chi connectivity index (χ0) is 20.3. The molecule has 2 aromatic rings. The molecule has 0 N–H and O–H groups in total. The Hall–Kier alpha value is -2.16. The predicted molar refractivity (Wildman–Crippen MR) is 113 cm³/mol. The quantitative estimate of drug-likeness (QED) is 0.637. The number of hydrogen-bond donors (Lipinski definition) is 0. The number of benzene rings is 2. The van der Waals surface area contributed by atoms with Gasteiger partial charge in [-0.25, -0.2) is 4.39 Å². The van der Waals surface area contributed by atoms with Gasteiger partial charge in [0.2, 0.25) is 5.91 Å². The summed E-state index contributed by atoms with van der Waals surface area (Å²) in [6, 6.07) is 13.7. The fourth-order valence-corrected chi connectivity index (χ4v) is 4.38. The molecule has 1 saturated heterocycles. The molecular weight excluding hydrogens is 349 g/mol. The molecule has 1 aliphatic rings. The topological polar surface area (TPSA) is 20.3 Å². The molecule has 0 saturated carbocycles. The van der Waals surface area contributed by atoms with Gasteiger partial charge in [-0.15, -0.1) is 0 Å². The first-order chi connectivity index (χ1) is 13.4. The maximum Gasteiger partial charge on any atom is 0.230 e. The van der Waals surface area contributed by atoms with E-state index in [1.54, 1.807) is 12.1 Å². The van der Waals surface area contributed by atoms with Crippen LogP contribution in [0.5, 0.6) is 0 Å². The van der Waals surface area contributed by atoms with Crippen LogP contribution in [-0.4, -0.2) is 23.9 Å². The third-order valence-corrected chi connectivity index (χ3v) is 6.18. The van der Waals surface area contributed by atoms with Gasteiger partial charge >= 0.3 is 0 Å². The Balaban J connectivity index is 1.71. The lowest BCUT2D eigenvalue weighted by atomic mass is 9.83. The van der Waals surface area contributed by atoms with Crippen molar-refractivity contribution in [3.63, 3.8) is 0 Å². The van der Waals surface area contributed by atoms with Crippen molar-refractivity contribution in [3.05, 3.63) is 70.5 Å². The van der Waals surface area contributed by atoms with E-state index in [-0.39, 0.29) is 23.6 Å². The van der Waals surface area contributed by atoms with E-state index in [9.17, 15) is 9.18 Å². The van der Waals surface area contributed by atoms with E-state index in [4.69, 9.17) is 0 Å². The first-order valence-corrected chi connectivity index (χ1v) is 10.5. The van der Waals surface area contributed by atoms with Crippen LogP contribution in [0, 0.1) is 18.7 Å².